The van der Waals surface area contributed by atoms with Gasteiger partial charge in [0.25, 0.3) is 0 Å². The lowest BCUT2D eigenvalue weighted by Gasteiger charge is -2.24. The summed E-state index contributed by atoms with van der Waals surface area (Å²) in [5.41, 5.74) is 8.82. The number of benzene rings is 3. The molecular weight excluding hydrogens is 522 g/mol. The third-order valence-electron chi connectivity index (χ3n) is 7.14. The zero-order chi connectivity index (χ0) is 29.0. The Hall–Kier alpha value is -3.38. The largest absolute Gasteiger partial charge is 0.372 e. The van der Waals surface area contributed by atoms with Gasteiger partial charge in [0.15, 0.2) is 0 Å². The first kappa shape index (κ1) is 30.6. The molecule has 0 bridgehead atoms. The molecule has 0 radical (unpaired) electrons. The van der Waals surface area contributed by atoms with Gasteiger partial charge in [0.05, 0.1) is 0 Å². The Kier molecular flexibility index (Phi) is 11.6. The Morgan fingerprint density at radius 2 is 1.02 bits per heavy atom. The highest BCUT2D eigenvalue weighted by atomic mass is 32.2. The van der Waals surface area contributed by atoms with Gasteiger partial charge < -0.3 is 9.80 Å². The summed E-state index contributed by atoms with van der Waals surface area (Å²) >= 11 is 1.63. The molecule has 1 aromatic heterocycles. The lowest BCUT2D eigenvalue weighted by Crippen LogP contribution is -2.24. The second-order valence-corrected chi connectivity index (χ2v) is 11.6. The second kappa shape index (κ2) is 15.6. The van der Waals surface area contributed by atoms with Crippen molar-refractivity contribution in [1.82, 2.24) is 15.2 Å². The molecular formula is C35H45N5S. The monoisotopic (exact) mass is 567 g/mol. The van der Waals surface area contributed by atoms with Crippen LogP contribution >= 0.6 is 11.8 Å². The molecule has 0 aliphatic carbocycles. The van der Waals surface area contributed by atoms with Crippen LogP contribution in [-0.2, 0) is 5.75 Å². The van der Waals surface area contributed by atoms with Gasteiger partial charge in [-0.1, -0.05) is 93.6 Å². The second-order valence-electron chi connectivity index (χ2n) is 10.6. The van der Waals surface area contributed by atoms with E-state index in [1.807, 2.05) is 0 Å². The van der Waals surface area contributed by atoms with E-state index in [0.29, 0.717) is 5.16 Å². The van der Waals surface area contributed by atoms with Gasteiger partial charge in [0.1, 0.15) is 11.4 Å². The van der Waals surface area contributed by atoms with Gasteiger partial charge in [-0.3, -0.25) is 0 Å². The average molecular weight is 568 g/mol. The van der Waals surface area contributed by atoms with Gasteiger partial charge in [-0.2, -0.15) is 0 Å². The van der Waals surface area contributed by atoms with Crippen molar-refractivity contribution in [2.24, 2.45) is 0 Å². The van der Waals surface area contributed by atoms with Crippen molar-refractivity contribution in [2.75, 3.05) is 36.0 Å². The summed E-state index contributed by atoms with van der Waals surface area (Å²) in [6.45, 7) is 15.3. The van der Waals surface area contributed by atoms with Crippen LogP contribution in [0.5, 0.6) is 0 Å². The first-order valence-corrected chi connectivity index (χ1v) is 16.2. The number of aromatic nitrogens is 3. The molecule has 0 amide bonds. The maximum Gasteiger partial charge on any atom is 0.210 e. The number of nitrogens with zero attached hydrogens (tertiary/aromatic N) is 5. The van der Waals surface area contributed by atoms with Crippen LogP contribution in [0.3, 0.4) is 0 Å². The molecule has 216 valence electrons. The predicted octanol–water partition coefficient (Wildman–Crippen LogP) is 9.06. The van der Waals surface area contributed by atoms with Crippen molar-refractivity contribution >= 4 is 23.1 Å². The van der Waals surface area contributed by atoms with E-state index < -0.39 is 0 Å². The molecule has 5 nitrogen and oxygen atoms in total. The number of aryl methyl sites for hydroxylation is 1. The molecule has 41 heavy (non-hydrogen) atoms. The molecule has 0 saturated carbocycles. The number of anilines is 2. The van der Waals surface area contributed by atoms with E-state index in [1.54, 1.807) is 11.8 Å². The Morgan fingerprint density at radius 1 is 0.561 bits per heavy atom. The van der Waals surface area contributed by atoms with Crippen LogP contribution in [0.25, 0.3) is 22.5 Å². The van der Waals surface area contributed by atoms with Crippen molar-refractivity contribution in [3.05, 3.63) is 83.9 Å². The molecule has 0 N–H and O–H groups in total. The number of rotatable bonds is 15. The standard InChI is InChI=1S/C35H45N5S/c1-6-22-39(23-7-2)31-18-14-29(15-19-31)33-34(30-16-20-32(21-17-30)40(24-8-3)25-9-4)37-38-35(36-33)41-26-28-12-10-27(5)11-13-28/h10-21H,6-9,22-26H2,1-5H3. The normalized spacial score (nSPS) is 11.0. The number of hydrogen-bond acceptors (Lipinski definition) is 6. The van der Waals surface area contributed by atoms with E-state index in [4.69, 9.17) is 10.1 Å². The SMILES string of the molecule is CCCN(CCC)c1ccc(-c2nnc(SCc3ccc(C)cc3)nc2-c2ccc(N(CCC)CCC)cc2)cc1. The van der Waals surface area contributed by atoms with Crippen LogP contribution < -0.4 is 9.80 Å². The third kappa shape index (κ3) is 8.32. The summed E-state index contributed by atoms with van der Waals surface area (Å²) in [5, 5.41) is 10.0. The van der Waals surface area contributed by atoms with Crippen molar-refractivity contribution in [2.45, 2.75) is 71.2 Å². The van der Waals surface area contributed by atoms with Gasteiger partial charge in [0, 0.05) is 54.4 Å². The predicted molar refractivity (Wildman–Crippen MR) is 177 cm³/mol. The minimum Gasteiger partial charge on any atom is -0.372 e. The molecule has 4 aromatic rings. The Labute approximate surface area is 251 Å². The molecule has 0 unspecified atom stereocenters. The summed E-state index contributed by atoms with van der Waals surface area (Å²) in [6.07, 6.45) is 4.53. The molecule has 6 heteroatoms. The zero-order valence-corrected chi connectivity index (χ0v) is 26.3. The molecule has 0 saturated heterocycles. The maximum atomic E-state index is 5.08. The quantitative estimate of drug-likeness (QED) is 0.134. The topological polar surface area (TPSA) is 45.2 Å². The Balaban J connectivity index is 1.67. The van der Waals surface area contributed by atoms with Gasteiger partial charge >= 0.3 is 0 Å². The molecule has 0 atom stereocenters. The fourth-order valence-corrected chi connectivity index (χ4v) is 5.82. The lowest BCUT2D eigenvalue weighted by molar-refractivity contribution is 0.745. The summed E-state index contributed by atoms with van der Waals surface area (Å²) < 4.78 is 0. The molecule has 0 aliphatic heterocycles. The molecule has 0 spiro atoms. The molecule has 0 fully saturated rings. The van der Waals surface area contributed by atoms with Gasteiger partial charge in [-0.25, -0.2) is 4.98 Å². The minimum absolute atomic E-state index is 0.695. The first-order chi connectivity index (χ1) is 20.1. The van der Waals surface area contributed by atoms with Gasteiger partial charge in [-0.05, 0) is 62.4 Å². The van der Waals surface area contributed by atoms with Crippen molar-refractivity contribution in [1.29, 1.82) is 0 Å². The van der Waals surface area contributed by atoms with Crippen LogP contribution in [0, 0.1) is 6.92 Å². The maximum absolute atomic E-state index is 5.08. The highest BCUT2D eigenvalue weighted by Gasteiger charge is 2.16. The van der Waals surface area contributed by atoms with Crippen LogP contribution in [0.2, 0.25) is 0 Å². The molecule has 0 aliphatic rings. The van der Waals surface area contributed by atoms with E-state index in [0.717, 1.165) is 80.1 Å². The van der Waals surface area contributed by atoms with E-state index >= 15 is 0 Å². The number of thioether (sulfide) groups is 1. The highest BCUT2D eigenvalue weighted by Crippen LogP contribution is 2.33. The fourth-order valence-electron chi connectivity index (χ4n) is 5.08. The van der Waals surface area contributed by atoms with Gasteiger partial charge in [-0.15, -0.1) is 10.2 Å². The summed E-state index contributed by atoms with van der Waals surface area (Å²) in [4.78, 5) is 10.00. The van der Waals surface area contributed by atoms with E-state index in [2.05, 4.69) is 122 Å². The van der Waals surface area contributed by atoms with E-state index in [9.17, 15) is 0 Å². The first-order valence-electron chi connectivity index (χ1n) is 15.2. The summed E-state index contributed by atoms with van der Waals surface area (Å²) in [7, 11) is 0. The Morgan fingerprint density at radius 3 is 1.49 bits per heavy atom. The van der Waals surface area contributed by atoms with Crippen molar-refractivity contribution in [3.63, 3.8) is 0 Å². The zero-order valence-electron chi connectivity index (χ0n) is 25.4. The third-order valence-corrected chi connectivity index (χ3v) is 8.05. The lowest BCUT2D eigenvalue weighted by atomic mass is 10.0. The van der Waals surface area contributed by atoms with E-state index in [-0.39, 0.29) is 0 Å². The fraction of sp³-hybridized carbons (Fsp3) is 0.400. The van der Waals surface area contributed by atoms with Gasteiger partial charge in [0.2, 0.25) is 5.16 Å². The summed E-state index contributed by atoms with van der Waals surface area (Å²) in [5.74, 6) is 0.808. The number of hydrogen-bond donors (Lipinski definition) is 0. The minimum atomic E-state index is 0.695. The Bertz CT molecular complexity index is 1320. The average Bonchev–Trinajstić information content (AvgIpc) is 3.01. The van der Waals surface area contributed by atoms with Crippen LogP contribution in [0.4, 0.5) is 11.4 Å². The van der Waals surface area contributed by atoms with Crippen molar-refractivity contribution in [3.8, 4) is 22.5 Å². The van der Waals surface area contributed by atoms with E-state index in [1.165, 1.54) is 22.5 Å². The molecule has 1 heterocycles. The van der Waals surface area contributed by atoms with Crippen LogP contribution in [-0.4, -0.2) is 41.4 Å². The van der Waals surface area contributed by atoms with Crippen molar-refractivity contribution < 1.29 is 0 Å². The molecule has 3 aromatic carbocycles. The van der Waals surface area contributed by atoms with Crippen LogP contribution in [0.15, 0.2) is 78.0 Å². The smallest absolute Gasteiger partial charge is 0.210 e. The molecule has 4 rings (SSSR count). The highest BCUT2D eigenvalue weighted by molar-refractivity contribution is 7.98. The van der Waals surface area contributed by atoms with Crippen LogP contribution in [0.1, 0.15) is 64.5 Å². The summed E-state index contributed by atoms with van der Waals surface area (Å²) in [6, 6.07) is 26.2.